The molecule has 2 N–H and O–H groups in total. The number of aromatic hydroxyl groups is 2. The van der Waals surface area contributed by atoms with E-state index in [9.17, 15) is 23.8 Å². The fourth-order valence-corrected chi connectivity index (χ4v) is 3.46. The summed E-state index contributed by atoms with van der Waals surface area (Å²) in [6.45, 7) is 1.07. The van der Waals surface area contributed by atoms with E-state index in [4.69, 9.17) is 0 Å². The van der Waals surface area contributed by atoms with Crippen molar-refractivity contribution in [1.29, 1.82) is 0 Å². The molecule has 1 fully saturated rings. The molecule has 3 rings (SSSR count). The minimum atomic E-state index is -0.856. The first-order chi connectivity index (χ1) is 12.5. The second-order valence-electron chi connectivity index (χ2n) is 6.72. The lowest BCUT2D eigenvalue weighted by atomic mass is 9.91. The summed E-state index contributed by atoms with van der Waals surface area (Å²) >= 11 is 0. The quantitative estimate of drug-likeness (QED) is 0.869. The van der Waals surface area contributed by atoms with E-state index in [1.165, 1.54) is 24.3 Å². The van der Waals surface area contributed by atoms with E-state index in [0.717, 1.165) is 30.9 Å². The van der Waals surface area contributed by atoms with Crippen LogP contribution in [0.4, 0.5) is 8.78 Å². The molecule has 4 nitrogen and oxygen atoms in total. The summed E-state index contributed by atoms with van der Waals surface area (Å²) < 4.78 is 26.3. The highest BCUT2D eigenvalue weighted by Crippen LogP contribution is 2.30. The Hall–Kier alpha value is -2.63. The van der Waals surface area contributed by atoms with Crippen molar-refractivity contribution < 1.29 is 23.8 Å². The summed E-state index contributed by atoms with van der Waals surface area (Å²) in [5.74, 6) is -2.34. The molecular weight excluding hydrogens is 340 g/mol. The van der Waals surface area contributed by atoms with Crippen LogP contribution in [0.2, 0.25) is 0 Å². The van der Waals surface area contributed by atoms with Gasteiger partial charge in [0, 0.05) is 13.1 Å². The monoisotopic (exact) mass is 361 g/mol. The zero-order chi connectivity index (χ0) is 18.7. The van der Waals surface area contributed by atoms with Crippen molar-refractivity contribution in [2.24, 2.45) is 5.92 Å². The Morgan fingerprint density at radius 1 is 1.12 bits per heavy atom. The molecule has 0 bridgehead atoms. The summed E-state index contributed by atoms with van der Waals surface area (Å²) in [5, 5.41) is 19.8. The van der Waals surface area contributed by atoms with Crippen molar-refractivity contribution in [2.75, 3.05) is 13.1 Å². The third-order valence-electron chi connectivity index (χ3n) is 4.87. The van der Waals surface area contributed by atoms with Gasteiger partial charge in [0.05, 0.1) is 0 Å². The van der Waals surface area contributed by atoms with Gasteiger partial charge in [-0.1, -0.05) is 12.1 Å². The smallest absolute Gasteiger partial charge is 0.261 e. The number of hydrogen-bond acceptors (Lipinski definition) is 3. The summed E-state index contributed by atoms with van der Waals surface area (Å²) in [5.41, 5.74) is 0.652. The van der Waals surface area contributed by atoms with E-state index in [1.807, 2.05) is 0 Å². The first kappa shape index (κ1) is 18.2. The van der Waals surface area contributed by atoms with Crippen LogP contribution in [0.1, 0.15) is 35.2 Å². The maximum absolute atomic E-state index is 13.3. The van der Waals surface area contributed by atoms with Gasteiger partial charge in [-0.15, -0.1) is 0 Å². The molecule has 138 valence electrons. The van der Waals surface area contributed by atoms with E-state index >= 15 is 0 Å². The second kappa shape index (κ2) is 7.72. The maximum atomic E-state index is 13.3. The fraction of sp³-hybridized carbons (Fsp3) is 0.350. The van der Waals surface area contributed by atoms with Crippen molar-refractivity contribution in [3.8, 4) is 11.5 Å². The first-order valence-electron chi connectivity index (χ1n) is 8.70. The molecule has 1 saturated heterocycles. The molecule has 0 unspecified atom stereocenters. The lowest BCUT2D eigenvalue weighted by molar-refractivity contribution is 0.0662. The summed E-state index contributed by atoms with van der Waals surface area (Å²) in [7, 11) is 0. The Kier molecular flexibility index (Phi) is 5.40. The van der Waals surface area contributed by atoms with Gasteiger partial charge < -0.3 is 15.1 Å². The molecule has 1 aliphatic rings. The Morgan fingerprint density at radius 2 is 1.85 bits per heavy atom. The van der Waals surface area contributed by atoms with Gasteiger partial charge in [0.25, 0.3) is 5.91 Å². The number of aryl methyl sites for hydroxylation is 1. The zero-order valence-corrected chi connectivity index (χ0v) is 14.3. The number of carbonyl (C=O) groups excluding carboxylic acids is 1. The minimum absolute atomic E-state index is 0.0752. The largest absolute Gasteiger partial charge is 0.507 e. The average Bonchev–Trinajstić information content (AvgIpc) is 2.63. The van der Waals surface area contributed by atoms with Gasteiger partial charge in [-0.3, -0.25) is 4.79 Å². The molecule has 6 heteroatoms. The average molecular weight is 361 g/mol. The molecule has 0 aromatic heterocycles. The number of halogens is 2. The van der Waals surface area contributed by atoms with E-state index in [1.54, 1.807) is 11.0 Å². The van der Waals surface area contributed by atoms with Crippen molar-refractivity contribution in [3.63, 3.8) is 0 Å². The molecule has 0 saturated carbocycles. The molecular formula is C20H21F2NO3. The number of amides is 1. The van der Waals surface area contributed by atoms with Crippen LogP contribution < -0.4 is 0 Å². The van der Waals surface area contributed by atoms with Gasteiger partial charge in [-0.05, 0) is 61.4 Å². The Morgan fingerprint density at radius 3 is 2.54 bits per heavy atom. The highest BCUT2D eigenvalue weighted by Gasteiger charge is 2.27. The van der Waals surface area contributed by atoms with E-state index in [-0.39, 0.29) is 23.0 Å². The third kappa shape index (κ3) is 3.95. The predicted molar refractivity (Wildman–Crippen MR) is 93.1 cm³/mol. The van der Waals surface area contributed by atoms with Crippen LogP contribution in [-0.4, -0.2) is 34.1 Å². The molecule has 26 heavy (non-hydrogen) atoms. The molecule has 1 aliphatic heterocycles. The number of phenolic OH excluding ortho intramolecular Hbond substituents is 2. The van der Waals surface area contributed by atoms with Gasteiger partial charge >= 0.3 is 0 Å². The third-order valence-corrected chi connectivity index (χ3v) is 4.87. The van der Waals surface area contributed by atoms with Gasteiger partial charge in [0.15, 0.2) is 11.6 Å². The number of phenols is 2. The molecule has 0 aliphatic carbocycles. The standard InChI is InChI=1S/C20H21F2NO3/c21-15-9-8-13(11-16(15)22)6-7-14-3-2-10-23(12-14)20(26)19-17(24)4-1-5-18(19)25/h1,4-5,8-9,11,14,24-25H,2-3,6-7,10,12H2/t14-/m0/s1. The second-order valence-corrected chi connectivity index (χ2v) is 6.72. The van der Waals surface area contributed by atoms with Crippen molar-refractivity contribution in [3.05, 3.63) is 59.2 Å². The van der Waals surface area contributed by atoms with Crippen LogP contribution in [0.3, 0.4) is 0 Å². The van der Waals surface area contributed by atoms with Crippen LogP contribution in [0.5, 0.6) is 11.5 Å². The Balaban J connectivity index is 1.63. The van der Waals surface area contributed by atoms with Crippen LogP contribution in [0, 0.1) is 17.6 Å². The number of rotatable bonds is 4. The normalized spacial score (nSPS) is 17.3. The van der Waals surface area contributed by atoms with Gasteiger partial charge in [-0.25, -0.2) is 8.78 Å². The number of benzene rings is 2. The molecule has 1 amide bonds. The van der Waals surface area contributed by atoms with Gasteiger partial charge in [-0.2, -0.15) is 0 Å². The zero-order valence-electron chi connectivity index (χ0n) is 14.3. The SMILES string of the molecule is O=C(c1c(O)cccc1O)N1CCC[C@@H](CCc2ccc(F)c(F)c2)C1. The molecule has 2 aromatic carbocycles. The molecule has 1 atom stereocenters. The molecule has 1 heterocycles. The lowest BCUT2D eigenvalue weighted by Gasteiger charge is -2.33. The van der Waals surface area contributed by atoms with E-state index < -0.39 is 17.5 Å². The molecule has 0 spiro atoms. The first-order valence-corrected chi connectivity index (χ1v) is 8.70. The highest BCUT2D eigenvalue weighted by atomic mass is 19.2. The highest BCUT2D eigenvalue weighted by molar-refractivity contribution is 5.99. The minimum Gasteiger partial charge on any atom is -0.507 e. The van der Waals surface area contributed by atoms with Crippen molar-refractivity contribution in [1.82, 2.24) is 4.90 Å². The van der Waals surface area contributed by atoms with Gasteiger partial charge in [0.1, 0.15) is 17.1 Å². The molecule has 2 aromatic rings. The van der Waals surface area contributed by atoms with Crippen LogP contribution in [0.15, 0.2) is 36.4 Å². The maximum Gasteiger partial charge on any atom is 0.261 e. The summed E-state index contributed by atoms with van der Waals surface area (Å²) in [6, 6.07) is 8.13. The molecule has 0 radical (unpaired) electrons. The van der Waals surface area contributed by atoms with Crippen LogP contribution in [-0.2, 0) is 6.42 Å². The fourth-order valence-electron chi connectivity index (χ4n) is 3.46. The topological polar surface area (TPSA) is 60.8 Å². The van der Waals surface area contributed by atoms with Crippen molar-refractivity contribution >= 4 is 5.91 Å². The van der Waals surface area contributed by atoms with E-state index in [2.05, 4.69) is 0 Å². The van der Waals surface area contributed by atoms with Gasteiger partial charge in [0.2, 0.25) is 0 Å². The van der Waals surface area contributed by atoms with E-state index in [0.29, 0.717) is 19.5 Å². The number of piperidine rings is 1. The lowest BCUT2D eigenvalue weighted by Crippen LogP contribution is -2.40. The Labute approximate surface area is 150 Å². The summed E-state index contributed by atoms with van der Waals surface area (Å²) in [6.07, 6.45) is 3.12. The number of likely N-dealkylation sites (tertiary alicyclic amines) is 1. The number of carbonyl (C=O) groups is 1. The summed E-state index contributed by atoms with van der Waals surface area (Å²) in [4.78, 5) is 14.3. The van der Waals surface area contributed by atoms with Crippen LogP contribution >= 0.6 is 0 Å². The number of nitrogens with zero attached hydrogens (tertiary/aromatic N) is 1. The predicted octanol–water partition coefficient (Wildman–Crippen LogP) is 3.86. The van der Waals surface area contributed by atoms with Crippen LogP contribution in [0.25, 0.3) is 0 Å². The number of hydrogen-bond donors (Lipinski definition) is 2. The Bertz CT molecular complexity index is 789. The van der Waals surface area contributed by atoms with Crippen molar-refractivity contribution in [2.45, 2.75) is 25.7 Å².